The van der Waals surface area contributed by atoms with Crippen LogP contribution in [0.1, 0.15) is 24.8 Å². The van der Waals surface area contributed by atoms with E-state index in [1.54, 1.807) is 0 Å². The maximum atomic E-state index is 12.1. The molecule has 0 spiro atoms. The summed E-state index contributed by atoms with van der Waals surface area (Å²) in [6.45, 7) is 1.72. The highest BCUT2D eigenvalue weighted by Gasteiger charge is 2.25. The van der Waals surface area contributed by atoms with Crippen LogP contribution in [0.3, 0.4) is 0 Å². The van der Waals surface area contributed by atoms with Crippen molar-refractivity contribution >= 4 is 16.8 Å². The van der Waals surface area contributed by atoms with Crippen LogP contribution < -0.4 is 0 Å². The number of H-pyrrole nitrogens is 1. The molecular weight excluding hydrogens is 264 g/mol. The summed E-state index contributed by atoms with van der Waals surface area (Å²) in [4.78, 5) is 17.3. The third-order valence-corrected chi connectivity index (χ3v) is 4.41. The van der Waals surface area contributed by atoms with Gasteiger partial charge in [-0.15, -0.1) is 0 Å². The Morgan fingerprint density at radius 2 is 2.24 bits per heavy atom. The summed E-state index contributed by atoms with van der Waals surface area (Å²) in [6.07, 6.45) is 5.38. The summed E-state index contributed by atoms with van der Waals surface area (Å²) in [5.74, 6) is 0.508. The molecule has 1 aliphatic rings. The van der Waals surface area contributed by atoms with E-state index in [1.165, 1.54) is 10.9 Å². The summed E-state index contributed by atoms with van der Waals surface area (Å²) in [5, 5.41) is 10.4. The van der Waals surface area contributed by atoms with Crippen LogP contribution in [0.25, 0.3) is 10.9 Å². The van der Waals surface area contributed by atoms with Crippen LogP contribution in [0, 0.1) is 5.92 Å². The first kappa shape index (κ1) is 14.1. The van der Waals surface area contributed by atoms with Gasteiger partial charge in [-0.25, -0.2) is 0 Å². The van der Waals surface area contributed by atoms with Crippen LogP contribution in [-0.4, -0.2) is 40.6 Å². The Kier molecular flexibility index (Phi) is 4.25. The van der Waals surface area contributed by atoms with Crippen LogP contribution >= 0.6 is 0 Å². The maximum Gasteiger partial charge on any atom is 0.222 e. The fraction of sp³-hybridized carbons (Fsp3) is 0.471. The number of rotatable bonds is 5. The number of para-hydroxylation sites is 1. The second-order valence-electron chi connectivity index (χ2n) is 5.89. The minimum absolute atomic E-state index is 0.194. The van der Waals surface area contributed by atoms with Gasteiger partial charge < -0.3 is 15.0 Å². The highest BCUT2D eigenvalue weighted by molar-refractivity contribution is 5.83. The number of hydrogen-bond acceptors (Lipinski definition) is 2. The molecule has 0 radical (unpaired) electrons. The Labute approximate surface area is 124 Å². The van der Waals surface area contributed by atoms with Gasteiger partial charge in [0.2, 0.25) is 5.91 Å². The molecule has 1 aromatic carbocycles. The predicted octanol–water partition coefficient (Wildman–Crippen LogP) is 2.33. The molecule has 1 atom stereocenters. The zero-order chi connectivity index (χ0) is 14.7. The lowest BCUT2D eigenvalue weighted by Crippen LogP contribution is -2.28. The third kappa shape index (κ3) is 3.10. The standard InChI is InChI=1S/C17H22N2O2/c20-12-13-8-9-19(11-13)17(21)7-3-4-14-10-18-16-6-2-1-5-15(14)16/h1-2,5-6,10,13,18,20H,3-4,7-9,11-12H2. The molecule has 1 aliphatic heterocycles. The Hall–Kier alpha value is -1.81. The summed E-state index contributed by atoms with van der Waals surface area (Å²) in [5.41, 5.74) is 2.44. The molecule has 0 saturated carbocycles. The zero-order valence-corrected chi connectivity index (χ0v) is 12.2. The van der Waals surface area contributed by atoms with Gasteiger partial charge in [0.15, 0.2) is 0 Å². The molecular formula is C17H22N2O2. The van der Waals surface area contributed by atoms with Crippen molar-refractivity contribution in [3.8, 4) is 0 Å². The van der Waals surface area contributed by atoms with Crippen LogP contribution in [0.15, 0.2) is 30.5 Å². The molecule has 3 rings (SSSR count). The Bertz CT molecular complexity index is 620. The molecule has 112 valence electrons. The normalized spacial score (nSPS) is 18.5. The van der Waals surface area contributed by atoms with E-state index in [1.807, 2.05) is 23.2 Å². The van der Waals surface area contributed by atoms with Crippen LogP contribution in [0.4, 0.5) is 0 Å². The predicted molar refractivity (Wildman–Crippen MR) is 83.0 cm³/mol. The Morgan fingerprint density at radius 1 is 1.38 bits per heavy atom. The van der Waals surface area contributed by atoms with E-state index in [9.17, 15) is 4.79 Å². The first-order valence-electron chi connectivity index (χ1n) is 7.71. The number of aryl methyl sites for hydroxylation is 1. The summed E-state index contributed by atoms with van der Waals surface area (Å²) in [6, 6.07) is 8.26. The summed E-state index contributed by atoms with van der Waals surface area (Å²) in [7, 11) is 0. The van der Waals surface area contributed by atoms with Gasteiger partial charge in [-0.3, -0.25) is 4.79 Å². The molecule has 4 nitrogen and oxygen atoms in total. The van der Waals surface area contributed by atoms with Crippen molar-refractivity contribution in [2.24, 2.45) is 5.92 Å². The first-order chi connectivity index (χ1) is 10.3. The molecule has 2 heterocycles. The fourth-order valence-corrected chi connectivity index (χ4v) is 3.13. The smallest absolute Gasteiger partial charge is 0.222 e. The number of likely N-dealkylation sites (tertiary alicyclic amines) is 1. The number of fused-ring (bicyclic) bond motifs is 1. The monoisotopic (exact) mass is 286 g/mol. The number of hydrogen-bond donors (Lipinski definition) is 2. The lowest BCUT2D eigenvalue weighted by atomic mass is 10.1. The van der Waals surface area contributed by atoms with Crippen molar-refractivity contribution in [3.05, 3.63) is 36.0 Å². The Morgan fingerprint density at radius 3 is 3.05 bits per heavy atom. The number of carbonyl (C=O) groups is 1. The first-order valence-corrected chi connectivity index (χ1v) is 7.71. The van der Waals surface area contributed by atoms with Crippen molar-refractivity contribution in [1.82, 2.24) is 9.88 Å². The minimum Gasteiger partial charge on any atom is -0.396 e. The average Bonchev–Trinajstić information content (AvgIpc) is 3.14. The van der Waals surface area contributed by atoms with Gasteiger partial charge in [-0.05, 0) is 30.9 Å². The highest BCUT2D eigenvalue weighted by atomic mass is 16.3. The number of aromatic amines is 1. The van der Waals surface area contributed by atoms with Gasteiger partial charge in [-0.2, -0.15) is 0 Å². The maximum absolute atomic E-state index is 12.1. The minimum atomic E-state index is 0.194. The van der Waals surface area contributed by atoms with Crippen molar-refractivity contribution in [1.29, 1.82) is 0 Å². The van der Waals surface area contributed by atoms with E-state index < -0.39 is 0 Å². The van der Waals surface area contributed by atoms with Gasteiger partial charge in [0.25, 0.3) is 0 Å². The van der Waals surface area contributed by atoms with Crippen molar-refractivity contribution in [2.45, 2.75) is 25.7 Å². The number of amides is 1. The quantitative estimate of drug-likeness (QED) is 0.886. The van der Waals surface area contributed by atoms with Gasteiger partial charge in [-0.1, -0.05) is 18.2 Å². The van der Waals surface area contributed by atoms with E-state index in [0.29, 0.717) is 6.42 Å². The molecule has 0 bridgehead atoms. The number of aliphatic hydroxyl groups is 1. The molecule has 2 aromatic rings. The van der Waals surface area contributed by atoms with Gasteiger partial charge in [0.05, 0.1) is 0 Å². The topological polar surface area (TPSA) is 56.3 Å². The van der Waals surface area contributed by atoms with Crippen LogP contribution in [-0.2, 0) is 11.2 Å². The molecule has 1 aromatic heterocycles. The molecule has 4 heteroatoms. The van der Waals surface area contributed by atoms with Gasteiger partial charge >= 0.3 is 0 Å². The van der Waals surface area contributed by atoms with Crippen molar-refractivity contribution in [3.63, 3.8) is 0 Å². The zero-order valence-electron chi connectivity index (χ0n) is 12.2. The second kappa shape index (κ2) is 6.31. The number of aliphatic hydroxyl groups excluding tert-OH is 1. The molecule has 1 amide bonds. The number of benzene rings is 1. The van der Waals surface area contributed by atoms with E-state index >= 15 is 0 Å². The van der Waals surface area contributed by atoms with Crippen LogP contribution in [0.2, 0.25) is 0 Å². The number of nitrogens with zero attached hydrogens (tertiary/aromatic N) is 1. The number of aromatic nitrogens is 1. The van der Waals surface area contributed by atoms with Crippen molar-refractivity contribution in [2.75, 3.05) is 19.7 Å². The molecule has 1 saturated heterocycles. The summed E-state index contributed by atoms with van der Waals surface area (Å²) < 4.78 is 0. The van der Waals surface area contributed by atoms with Crippen LogP contribution in [0.5, 0.6) is 0 Å². The van der Waals surface area contributed by atoms with E-state index in [2.05, 4.69) is 17.1 Å². The number of carbonyl (C=O) groups excluding carboxylic acids is 1. The van der Waals surface area contributed by atoms with E-state index in [4.69, 9.17) is 5.11 Å². The lowest BCUT2D eigenvalue weighted by molar-refractivity contribution is -0.130. The highest BCUT2D eigenvalue weighted by Crippen LogP contribution is 2.21. The average molecular weight is 286 g/mol. The van der Waals surface area contributed by atoms with Gasteiger partial charge in [0.1, 0.15) is 0 Å². The number of nitrogens with one attached hydrogen (secondary N) is 1. The molecule has 21 heavy (non-hydrogen) atoms. The molecule has 1 fully saturated rings. The van der Waals surface area contributed by atoms with Gasteiger partial charge in [0, 0.05) is 49.1 Å². The third-order valence-electron chi connectivity index (χ3n) is 4.41. The largest absolute Gasteiger partial charge is 0.396 e. The Balaban J connectivity index is 1.51. The molecule has 0 aliphatic carbocycles. The molecule has 1 unspecified atom stereocenters. The second-order valence-corrected chi connectivity index (χ2v) is 5.89. The van der Waals surface area contributed by atoms with E-state index in [-0.39, 0.29) is 18.4 Å². The van der Waals surface area contributed by atoms with E-state index in [0.717, 1.165) is 37.9 Å². The summed E-state index contributed by atoms with van der Waals surface area (Å²) >= 11 is 0. The lowest BCUT2D eigenvalue weighted by Gasteiger charge is -2.15. The molecule has 2 N–H and O–H groups in total. The van der Waals surface area contributed by atoms with Crippen molar-refractivity contribution < 1.29 is 9.90 Å². The SMILES string of the molecule is O=C(CCCc1c[nH]c2ccccc12)N1CCC(CO)C1. The fourth-order valence-electron chi connectivity index (χ4n) is 3.13.